The van der Waals surface area contributed by atoms with Crippen LogP contribution in [0.2, 0.25) is 0 Å². The number of nitrogens with zero attached hydrogens (tertiary/aromatic N) is 2. The van der Waals surface area contributed by atoms with E-state index in [1.54, 1.807) is 11.0 Å². The molecule has 0 radical (unpaired) electrons. The van der Waals surface area contributed by atoms with Gasteiger partial charge in [0.25, 0.3) is 5.88 Å². The van der Waals surface area contributed by atoms with Crippen molar-refractivity contribution in [2.24, 2.45) is 5.92 Å². The maximum Gasteiger partial charge on any atom is 0.254 e. The van der Waals surface area contributed by atoms with Crippen LogP contribution >= 0.6 is 0 Å². The minimum absolute atomic E-state index is 0.00120. The topological polar surface area (TPSA) is 84.7 Å². The molecule has 1 aliphatic heterocycles. The molecule has 0 aliphatic carbocycles. The van der Waals surface area contributed by atoms with Crippen molar-refractivity contribution in [2.75, 3.05) is 26.7 Å². The number of benzene rings is 2. The van der Waals surface area contributed by atoms with Gasteiger partial charge >= 0.3 is 0 Å². The quantitative estimate of drug-likeness (QED) is 0.619. The Kier molecular flexibility index (Phi) is 6.84. The van der Waals surface area contributed by atoms with E-state index >= 15 is 0 Å². The number of amides is 2. The van der Waals surface area contributed by atoms with Gasteiger partial charge in [-0.3, -0.25) is 9.59 Å². The molecule has 1 fully saturated rings. The summed E-state index contributed by atoms with van der Waals surface area (Å²) in [7, 11) is 1.52. The lowest BCUT2D eigenvalue weighted by molar-refractivity contribution is -0.132. The summed E-state index contributed by atoms with van der Waals surface area (Å²) in [5, 5.41) is 6.70. The highest BCUT2D eigenvalue weighted by Crippen LogP contribution is 2.21. The summed E-state index contributed by atoms with van der Waals surface area (Å²) in [6.07, 6.45) is 1.33. The second kappa shape index (κ2) is 10.1. The molecule has 7 nitrogen and oxygen atoms in total. The fourth-order valence-corrected chi connectivity index (χ4v) is 3.93. The fourth-order valence-electron chi connectivity index (χ4n) is 3.93. The maximum absolute atomic E-state index is 12.8. The molecule has 2 aromatic carbocycles. The second-order valence-corrected chi connectivity index (χ2v) is 7.93. The third-order valence-corrected chi connectivity index (χ3v) is 5.72. The minimum atomic E-state index is -0.283. The van der Waals surface area contributed by atoms with Crippen molar-refractivity contribution < 1.29 is 18.8 Å². The van der Waals surface area contributed by atoms with Crippen LogP contribution in [0, 0.1) is 5.92 Å². The van der Waals surface area contributed by atoms with Crippen molar-refractivity contribution in [3.8, 4) is 17.0 Å². The standard InChI is InChI=1S/C25H27N3O4/c1-31-23-16-22(32-27-23)11-12-24(29)28-14-13-26-25(30)21(17-28)15-18-7-9-20(10-8-18)19-5-3-2-4-6-19/h2-10,16,21H,11-15,17H2,1H3,(H,26,30). The maximum atomic E-state index is 12.8. The van der Waals surface area contributed by atoms with Crippen molar-refractivity contribution in [1.82, 2.24) is 15.4 Å². The summed E-state index contributed by atoms with van der Waals surface area (Å²) in [5.74, 6) is 0.716. The monoisotopic (exact) mass is 433 g/mol. The summed E-state index contributed by atoms with van der Waals surface area (Å²) in [5.41, 5.74) is 3.38. The average molecular weight is 434 g/mol. The largest absolute Gasteiger partial charge is 0.479 e. The van der Waals surface area contributed by atoms with Crippen LogP contribution in [0.4, 0.5) is 0 Å². The van der Waals surface area contributed by atoms with Gasteiger partial charge in [0.15, 0.2) is 0 Å². The molecule has 1 saturated heterocycles. The number of aromatic nitrogens is 1. The van der Waals surface area contributed by atoms with Gasteiger partial charge in [-0.2, -0.15) is 0 Å². The van der Waals surface area contributed by atoms with Crippen LogP contribution in [-0.2, 0) is 22.4 Å². The molecule has 0 saturated carbocycles. The van der Waals surface area contributed by atoms with E-state index in [2.05, 4.69) is 46.9 Å². The highest BCUT2D eigenvalue weighted by atomic mass is 16.5. The average Bonchev–Trinajstić information content (AvgIpc) is 3.22. The highest BCUT2D eigenvalue weighted by molar-refractivity contribution is 5.82. The molecule has 0 spiro atoms. The van der Waals surface area contributed by atoms with Crippen LogP contribution in [0.3, 0.4) is 0 Å². The van der Waals surface area contributed by atoms with E-state index in [9.17, 15) is 9.59 Å². The Labute approximate surface area is 187 Å². The summed E-state index contributed by atoms with van der Waals surface area (Å²) in [4.78, 5) is 27.2. The minimum Gasteiger partial charge on any atom is -0.479 e. The molecule has 1 aliphatic rings. The number of hydrogen-bond donors (Lipinski definition) is 1. The Morgan fingerprint density at radius 2 is 1.91 bits per heavy atom. The predicted molar refractivity (Wildman–Crippen MR) is 120 cm³/mol. The van der Waals surface area contributed by atoms with Gasteiger partial charge in [0.05, 0.1) is 13.0 Å². The van der Waals surface area contributed by atoms with Crippen LogP contribution in [0.15, 0.2) is 65.2 Å². The van der Waals surface area contributed by atoms with E-state index in [0.717, 1.165) is 16.7 Å². The van der Waals surface area contributed by atoms with E-state index in [1.807, 2.05) is 18.2 Å². The van der Waals surface area contributed by atoms with Gasteiger partial charge in [-0.05, 0) is 28.3 Å². The number of rotatable bonds is 7. The van der Waals surface area contributed by atoms with Crippen LogP contribution < -0.4 is 10.1 Å². The van der Waals surface area contributed by atoms with Gasteiger partial charge in [-0.15, -0.1) is 0 Å². The van der Waals surface area contributed by atoms with E-state index in [-0.39, 0.29) is 17.7 Å². The molecule has 1 N–H and O–H groups in total. The lowest BCUT2D eigenvalue weighted by Gasteiger charge is -2.23. The van der Waals surface area contributed by atoms with Gasteiger partial charge in [-0.1, -0.05) is 54.6 Å². The lowest BCUT2D eigenvalue weighted by atomic mass is 9.96. The number of nitrogens with one attached hydrogen (secondary N) is 1. The first-order valence-electron chi connectivity index (χ1n) is 10.8. The van der Waals surface area contributed by atoms with Crippen molar-refractivity contribution in [3.63, 3.8) is 0 Å². The third-order valence-electron chi connectivity index (χ3n) is 5.72. The number of carbonyl (C=O) groups is 2. The Bertz CT molecular complexity index is 1050. The van der Waals surface area contributed by atoms with Gasteiger partial charge in [0.1, 0.15) is 5.76 Å². The first kappa shape index (κ1) is 21.6. The summed E-state index contributed by atoms with van der Waals surface area (Å²) >= 11 is 0. The highest BCUT2D eigenvalue weighted by Gasteiger charge is 2.27. The van der Waals surface area contributed by atoms with Crippen molar-refractivity contribution in [2.45, 2.75) is 19.3 Å². The molecule has 1 atom stereocenters. The van der Waals surface area contributed by atoms with Crippen LogP contribution in [0.25, 0.3) is 11.1 Å². The second-order valence-electron chi connectivity index (χ2n) is 7.93. The van der Waals surface area contributed by atoms with Gasteiger partial charge in [-0.25, -0.2) is 0 Å². The fraction of sp³-hybridized carbons (Fsp3) is 0.320. The summed E-state index contributed by atoms with van der Waals surface area (Å²) < 4.78 is 10.2. The summed E-state index contributed by atoms with van der Waals surface area (Å²) in [6, 6.07) is 20.1. The number of carbonyl (C=O) groups excluding carboxylic acids is 2. The van der Waals surface area contributed by atoms with Crippen LogP contribution in [0.5, 0.6) is 5.88 Å². The van der Waals surface area contributed by atoms with Crippen LogP contribution in [-0.4, -0.2) is 48.6 Å². The lowest BCUT2D eigenvalue weighted by Crippen LogP contribution is -2.37. The third kappa shape index (κ3) is 5.35. The molecular formula is C25H27N3O4. The molecule has 0 bridgehead atoms. The van der Waals surface area contributed by atoms with E-state index in [4.69, 9.17) is 9.26 Å². The SMILES string of the molecule is COc1cc(CCC(=O)N2CCNC(=O)C(Cc3ccc(-c4ccccc4)cc3)C2)on1. The molecule has 1 unspecified atom stereocenters. The molecule has 4 rings (SSSR count). The van der Waals surface area contributed by atoms with Gasteiger partial charge in [0, 0.05) is 38.5 Å². The molecule has 1 aromatic heterocycles. The number of aryl methyl sites for hydroxylation is 1. The Morgan fingerprint density at radius 3 is 2.62 bits per heavy atom. The summed E-state index contributed by atoms with van der Waals surface area (Å²) in [6.45, 7) is 1.38. The normalized spacial score (nSPS) is 16.3. The van der Waals surface area contributed by atoms with E-state index in [0.29, 0.717) is 50.5 Å². The Morgan fingerprint density at radius 1 is 1.16 bits per heavy atom. The van der Waals surface area contributed by atoms with Gasteiger partial charge in [0.2, 0.25) is 11.8 Å². The number of hydrogen-bond acceptors (Lipinski definition) is 5. The predicted octanol–water partition coefficient (Wildman–Crippen LogP) is 3.10. The van der Waals surface area contributed by atoms with Crippen molar-refractivity contribution in [1.29, 1.82) is 0 Å². The Balaban J connectivity index is 1.37. The van der Waals surface area contributed by atoms with Crippen LogP contribution in [0.1, 0.15) is 17.7 Å². The van der Waals surface area contributed by atoms with E-state index in [1.165, 1.54) is 7.11 Å². The zero-order valence-electron chi connectivity index (χ0n) is 18.1. The molecule has 166 valence electrons. The molecule has 2 heterocycles. The first-order valence-corrected chi connectivity index (χ1v) is 10.8. The molecule has 32 heavy (non-hydrogen) atoms. The van der Waals surface area contributed by atoms with Gasteiger partial charge < -0.3 is 19.5 Å². The molecular weight excluding hydrogens is 406 g/mol. The molecule has 2 amide bonds. The van der Waals surface area contributed by atoms with Crippen molar-refractivity contribution >= 4 is 11.8 Å². The zero-order chi connectivity index (χ0) is 22.3. The Hall–Kier alpha value is -3.61. The first-order chi connectivity index (χ1) is 15.6. The van der Waals surface area contributed by atoms with E-state index < -0.39 is 0 Å². The number of ether oxygens (including phenoxy) is 1. The zero-order valence-corrected chi connectivity index (χ0v) is 18.1. The smallest absolute Gasteiger partial charge is 0.254 e. The molecule has 7 heteroatoms. The van der Waals surface area contributed by atoms with Crippen molar-refractivity contribution in [3.05, 3.63) is 72.0 Å². The number of methoxy groups -OCH3 is 1. The molecule has 3 aromatic rings.